The molecule has 1 aliphatic rings. The van der Waals surface area contributed by atoms with Crippen LogP contribution in [0.15, 0.2) is 24.3 Å². The number of benzene rings is 1. The number of ether oxygens (including phenoxy) is 2. The second kappa shape index (κ2) is 7.14. The smallest absolute Gasteiger partial charge is 0.251 e. The molecule has 19 heavy (non-hydrogen) atoms. The largest absolute Gasteiger partial charge is 0.490 e. The van der Waals surface area contributed by atoms with E-state index in [1.165, 1.54) is 12.8 Å². The third kappa shape index (κ3) is 4.24. The number of carbonyl (C=O) groups is 1. The van der Waals surface area contributed by atoms with Gasteiger partial charge in [0.25, 0.3) is 5.91 Å². The van der Waals surface area contributed by atoms with Crippen molar-refractivity contribution in [3.05, 3.63) is 29.8 Å². The maximum Gasteiger partial charge on any atom is 0.251 e. The monoisotopic (exact) mass is 263 g/mol. The van der Waals surface area contributed by atoms with E-state index < -0.39 is 0 Å². The number of carbonyl (C=O) groups excluding carboxylic acids is 1. The minimum absolute atomic E-state index is 0.0792. The molecule has 0 bridgehead atoms. The standard InChI is InChI=1S/C15H21NO3/c1-18-11-10-16-15(17)12-6-8-14(9-7-12)19-13-4-2-3-5-13/h6-9,13H,2-5,10-11H2,1H3,(H,16,17). The zero-order chi connectivity index (χ0) is 13.5. The summed E-state index contributed by atoms with van der Waals surface area (Å²) in [6.07, 6.45) is 5.13. The molecule has 0 radical (unpaired) electrons. The quantitative estimate of drug-likeness (QED) is 0.802. The average Bonchev–Trinajstić information content (AvgIpc) is 2.93. The summed E-state index contributed by atoms with van der Waals surface area (Å²) in [6, 6.07) is 7.33. The van der Waals surface area contributed by atoms with Gasteiger partial charge in [-0.1, -0.05) is 0 Å². The lowest BCUT2D eigenvalue weighted by atomic mass is 10.2. The molecule has 4 heteroatoms. The minimum Gasteiger partial charge on any atom is -0.490 e. The first-order valence-corrected chi connectivity index (χ1v) is 6.83. The summed E-state index contributed by atoms with van der Waals surface area (Å²) < 4.78 is 10.7. The van der Waals surface area contributed by atoms with Crippen molar-refractivity contribution in [2.75, 3.05) is 20.3 Å². The lowest BCUT2D eigenvalue weighted by Gasteiger charge is -2.13. The highest BCUT2D eigenvalue weighted by atomic mass is 16.5. The highest BCUT2D eigenvalue weighted by Crippen LogP contribution is 2.24. The Morgan fingerprint density at radius 2 is 1.95 bits per heavy atom. The highest BCUT2D eigenvalue weighted by Gasteiger charge is 2.16. The van der Waals surface area contributed by atoms with E-state index in [2.05, 4.69) is 5.32 Å². The number of hydrogen-bond donors (Lipinski definition) is 1. The Morgan fingerprint density at radius 3 is 2.58 bits per heavy atom. The van der Waals surface area contributed by atoms with Crippen molar-refractivity contribution < 1.29 is 14.3 Å². The van der Waals surface area contributed by atoms with Crippen LogP contribution >= 0.6 is 0 Å². The molecule has 4 nitrogen and oxygen atoms in total. The Morgan fingerprint density at radius 1 is 1.26 bits per heavy atom. The molecule has 0 aliphatic heterocycles. The first-order valence-electron chi connectivity index (χ1n) is 6.83. The van der Waals surface area contributed by atoms with Gasteiger partial charge in [-0.3, -0.25) is 4.79 Å². The SMILES string of the molecule is COCCNC(=O)c1ccc(OC2CCCC2)cc1. The van der Waals surface area contributed by atoms with Crippen molar-refractivity contribution in [2.45, 2.75) is 31.8 Å². The van der Waals surface area contributed by atoms with Gasteiger partial charge in [-0.2, -0.15) is 0 Å². The Labute approximate surface area is 114 Å². The van der Waals surface area contributed by atoms with E-state index in [1.807, 2.05) is 12.1 Å². The molecule has 0 spiro atoms. The van der Waals surface area contributed by atoms with E-state index in [0.717, 1.165) is 18.6 Å². The van der Waals surface area contributed by atoms with Crippen LogP contribution in [0.25, 0.3) is 0 Å². The van der Waals surface area contributed by atoms with Crippen LogP contribution in [0.3, 0.4) is 0 Å². The van der Waals surface area contributed by atoms with Crippen LogP contribution in [-0.2, 0) is 4.74 Å². The molecule has 1 fully saturated rings. The van der Waals surface area contributed by atoms with Gasteiger partial charge in [0.05, 0.1) is 12.7 Å². The van der Waals surface area contributed by atoms with Crippen LogP contribution < -0.4 is 10.1 Å². The first kappa shape index (κ1) is 13.9. The average molecular weight is 263 g/mol. The van der Waals surface area contributed by atoms with Gasteiger partial charge < -0.3 is 14.8 Å². The summed E-state index contributed by atoms with van der Waals surface area (Å²) >= 11 is 0. The molecule has 0 atom stereocenters. The van der Waals surface area contributed by atoms with Crippen molar-refractivity contribution in [3.63, 3.8) is 0 Å². The maximum absolute atomic E-state index is 11.8. The van der Waals surface area contributed by atoms with Gasteiger partial charge in [0.2, 0.25) is 0 Å². The van der Waals surface area contributed by atoms with Crippen LogP contribution in [0, 0.1) is 0 Å². The van der Waals surface area contributed by atoms with Crippen molar-refractivity contribution in [3.8, 4) is 5.75 Å². The third-order valence-electron chi connectivity index (χ3n) is 3.31. The molecule has 1 saturated carbocycles. The molecule has 2 rings (SSSR count). The third-order valence-corrected chi connectivity index (χ3v) is 3.31. The van der Waals surface area contributed by atoms with Gasteiger partial charge in [0.1, 0.15) is 5.75 Å². The van der Waals surface area contributed by atoms with Crippen molar-refractivity contribution in [1.82, 2.24) is 5.32 Å². The van der Waals surface area contributed by atoms with Crippen molar-refractivity contribution in [1.29, 1.82) is 0 Å². The highest BCUT2D eigenvalue weighted by molar-refractivity contribution is 5.94. The molecular weight excluding hydrogens is 242 g/mol. The minimum atomic E-state index is -0.0792. The predicted octanol–water partition coefficient (Wildman–Crippen LogP) is 2.38. The van der Waals surface area contributed by atoms with E-state index in [0.29, 0.717) is 24.8 Å². The molecule has 1 aromatic rings. The summed E-state index contributed by atoms with van der Waals surface area (Å²) in [5.41, 5.74) is 0.648. The first-order chi connectivity index (χ1) is 9.29. The summed E-state index contributed by atoms with van der Waals surface area (Å²) in [5, 5.41) is 2.79. The summed E-state index contributed by atoms with van der Waals surface area (Å²) in [5.74, 6) is 0.768. The molecule has 1 aliphatic carbocycles. The lowest BCUT2D eigenvalue weighted by Crippen LogP contribution is -2.26. The van der Waals surface area contributed by atoms with Crippen LogP contribution in [-0.4, -0.2) is 32.3 Å². The van der Waals surface area contributed by atoms with Crippen LogP contribution in [0.5, 0.6) is 5.75 Å². The number of rotatable bonds is 6. The summed E-state index contributed by atoms with van der Waals surface area (Å²) in [7, 11) is 1.61. The summed E-state index contributed by atoms with van der Waals surface area (Å²) in [4.78, 5) is 11.8. The van der Waals surface area contributed by atoms with E-state index in [-0.39, 0.29) is 5.91 Å². The molecule has 0 saturated heterocycles. The normalized spacial score (nSPS) is 15.4. The van der Waals surface area contributed by atoms with Gasteiger partial charge in [-0.25, -0.2) is 0 Å². The molecule has 0 aromatic heterocycles. The zero-order valence-corrected chi connectivity index (χ0v) is 11.4. The number of hydrogen-bond acceptors (Lipinski definition) is 3. The molecule has 1 N–H and O–H groups in total. The Kier molecular flexibility index (Phi) is 5.21. The molecule has 0 heterocycles. The topological polar surface area (TPSA) is 47.6 Å². The molecular formula is C15H21NO3. The number of methoxy groups -OCH3 is 1. The fourth-order valence-corrected chi connectivity index (χ4v) is 2.25. The Hall–Kier alpha value is -1.55. The second-order valence-corrected chi connectivity index (χ2v) is 4.80. The van der Waals surface area contributed by atoms with Gasteiger partial charge in [-0.05, 0) is 49.9 Å². The molecule has 104 valence electrons. The Balaban J connectivity index is 1.84. The van der Waals surface area contributed by atoms with Gasteiger partial charge in [0.15, 0.2) is 0 Å². The molecule has 1 amide bonds. The fourth-order valence-electron chi connectivity index (χ4n) is 2.25. The van der Waals surface area contributed by atoms with Gasteiger partial charge in [-0.15, -0.1) is 0 Å². The van der Waals surface area contributed by atoms with Crippen LogP contribution in [0.4, 0.5) is 0 Å². The Bertz CT molecular complexity index is 396. The second-order valence-electron chi connectivity index (χ2n) is 4.80. The van der Waals surface area contributed by atoms with Crippen molar-refractivity contribution >= 4 is 5.91 Å². The maximum atomic E-state index is 11.8. The van der Waals surface area contributed by atoms with Crippen LogP contribution in [0.2, 0.25) is 0 Å². The fraction of sp³-hybridized carbons (Fsp3) is 0.533. The van der Waals surface area contributed by atoms with E-state index in [9.17, 15) is 4.79 Å². The van der Waals surface area contributed by atoms with Gasteiger partial charge in [0, 0.05) is 19.2 Å². The van der Waals surface area contributed by atoms with E-state index >= 15 is 0 Å². The molecule has 1 aromatic carbocycles. The van der Waals surface area contributed by atoms with E-state index in [1.54, 1.807) is 19.2 Å². The van der Waals surface area contributed by atoms with Gasteiger partial charge >= 0.3 is 0 Å². The lowest BCUT2D eigenvalue weighted by molar-refractivity contribution is 0.0937. The van der Waals surface area contributed by atoms with Crippen molar-refractivity contribution in [2.24, 2.45) is 0 Å². The van der Waals surface area contributed by atoms with Crippen LogP contribution in [0.1, 0.15) is 36.0 Å². The van der Waals surface area contributed by atoms with E-state index in [4.69, 9.17) is 9.47 Å². The zero-order valence-electron chi connectivity index (χ0n) is 11.4. The summed E-state index contributed by atoms with van der Waals surface area (Å²) in [6.45, 7) is 1.05. The predicted molar refractivity (Wildman–Crippen MR) is 73.5 cm³/mol. The number of nitrogens with one attached hydrogen (secondary N) is 1. The number of amides is 1. The molecule has 0 unspecified atom stereocenters.